The van der Waals surface area contributed by atoms with Crippen LogP contribution < -0.4 is 0 Å². The monoisotopic (exact) mass is 286 g/mol. The number of allylic oxidation sites excluding steroid dienone is 2. The van der Waals surface area contributed by atoms with E-state index in [1.165, 1.54) is 19.3 Å². The molecule has 4 rings (SSSR count). The Morgan fingerprint density at radius 2 is 1.86 bits per heavy atom. The maximum Gasteiger partial charge on any atom is 0.155 e. The van der Waals surface area contributed by atoms with Crippen molar-refractivity contribution in [1.82, 2.24) is 0 Å². The van der Waals surface area contributed by atoms with Gasteiger partial charge < -0.3 is 0 Å². The Labute approximate surface area is 127 Å². The number of rotatable bonds is 0. The van der Waals surface area contributed by atoms with Crippen LogP contribution in [0.1, 0.15) is 58.8 Å². The zero-order valence-electron chi connectivity index (χ0n) is 13.2. The van der Waals surface area contributed by atoms with E-state index >= 15 is 0 Å². The van der Waals surface area contributed by atoms with Gasteiger partial charge in [0.1, 0.15) is 5.78 Å². The minimum atomic E-state index is -0.0292. The molecule has 4 aliphatic rings. The van der Waals surface area contributed by atoms with E-state index in [9.17, 15) is 9.59 Å². The first kappa shape index (κ1) is 13.7. The molecule has 0 radical (unpaired) electrons. The molecular weight excluding hydrogens is 260 g/mol. The van der Waals surface area contributed by atoms with Gasteiger partial charge in [-0.15, -0.1) is 0 Å². The Morgan fingerprint density at radius 3 is 2.67 bits per heavy atom. The Morgan fingerprint density at radius 1 is 1.05 bits per heavy atom. The number of fused-ring (bicyclic) bond motifs is 5. The molecule has 0 bridgehead atoms. The lowest BCUT2D eigenvalue weighted by atomic mass is 9.46. The van der Waals surface area contributed by atoms with Crippen LogP contribution in [0.15, 0.2) is 12.2 Å². The minimum absolute atomic E-state index is 0.0292. The summed E-state index contributed by atoms with van der Waals surface area (Å²) in [5.41, 5.74) is 0.169. The van der Waals surface area contributed by atoms with E-state index in [1.54, 1.807) is 0 Å². The van der Waals surface area contributed by atoms with Crippen LogP contribution in [0, 0.1) is 34.5 Å². The van der Waals surface area contributed by atoms with Crippen LogP contribution in [0.3, 0.4) is 0 Å². The Bertz CT molecular complexity index is 534. The van der Waals surface area contributed by atoms with Crippen molar-refractivity contribution in [2.75, 3.05) is 0 Å². The Balaban J connectivity index is 1.70. The molecule has 0 N–H and O–H groups in total. The number of hydrogen-bond donors (Lipinski definition) is 0. The lowest BCUT2D eigenvalue weighted by Gasteiger charge is -2.57. The van der Waals surface area contributed by atoms with Crippen molar-refractivity contribution in [2.45, 2.75) is 58.8 Å². The predicted molar refractivity (Wildman–Crippen MR) is 81.6 cm³/mol. The number of ketones is 2. The van der Waals surface area contributed by atoms with Crippen LogP contribution in [-0.4, -0.2) is 11.6 Å². The highest BCUT2D eigenvalue weighted by Gasteiger charge is 2.59. The SMILES string of the molecule is C[C@]12C=CC(=O)CC1CC[C@@H]1C2CC[C@]2(C)C(=O)CCC12. The molecule has 3 unspecified atom stereocenters. The van der Waals surface area contributed by atoms with E-state index in [4.69, 9.17) is 0 Å². The molecule has 0 spiro atoms. The van der Waals surface area contributed by atoms with E-state index in [-0.39, 0.29) is 10.8 Å². The molecular formula is C19H26O2. The average Bonchev–Trinajstić information content (AvgIpc) is 2.76. The van der Waals surface area contributed by atoms with Crippen molar-refractivity contribution in [3.05, 3.63) is 12.2 Å². The summed E-state index contributed by atoms with van der Waals surface area (Å²) in [6.45, 7) is 4.62. The fraction of sp³-hybridized carbons (Fsp3) is 0.789. The summed E-state index contributed by atoms with van der Waals surface area (Å²) in [5.74, 6) is 3.37. The van der Waals surface area contributed by atoms with Crippen LogP contribution >= 0.6 is 0 Å². The first-order valence-electron chi connectivity index (χ1n) is 8.70. The standard InChI is InChI=1S/C19H26O2/c1-18-9-7-13(20)11-12(18)3-4-14-15-5-6-17(21)19(15,2)10-8-16(14)18/h7,9,12,14-16H,3-6,8,10-11H2,1-2H3/t12?,14-,15?,16?,18-,19-/m0/s1. The van der Waals surface area contributed by atoms with Gasteiger partial charge in [-0.2, -0.15) is 0 Å². The summed E-state index contributed by atoms with van der Waals surface area (Å²) in [4.78, 5) is 24.1. The number of Topliss-reactive ketones (excluding diaryl/α,β-unsaturated/α-hetero) is 1. The van der Waals surface area contributed by atoms with Gasteiger partial charge in [0, 0.05) is 18.3 Å². The van der Waals surface area contributed by atoms with Crippen LogP contribution in [0.25, 0.3) is 0 Å². The van der Waals surface area contributed by atoms with Gasteiger partial charge >= 0.3 is 0 Å². The highest BCUT2D eigenvalue weighted by atomic mass is 16.1. The first-order valence-corrected chi connectivity index (χ1v) is 8.70. The fourth-order valence-electron chi connectivity index (χ4n) is 6.41. The van der Waals surface area contributed by atoms with E-state index in [0.29, 0.717) is 35.2 Å². The topological polar surface area (TPSA) is 34.1 Å². The van der Waals surface area contributed by atoms with E-state index < -0.39 is 0 Å². The number of carbonyl (C=O) groups is 2. The molecule has 4 aliphatic carbocycles. The smallest absolute Gasteiger partial charge is 0.155 e. The molecule has 2 heteroatoms. The van der Waals surface area contributed by atoms with Crippen LogP contribution in [-0.2, 0) is 9.59 Å². The lowest BCUT2D eigenvalue weighted by molar-refractivity contribution is -0.135. The molecule has 21 heavy (non-hydrogen) atoms. The lowest BCUT2D eigenvalue weighted by Crippen LogP contribution is -2.52. The van der Waals surface area contributed by atoms with Crippen molar-refractivity contribution in [3.63, 3.8) is 0 Å². The largest absolute Gasteiger partial charge is 0.299 e. The summed E-state index contributed by atoms with van der Waals surface area (Å²) in [6, 6.07) is 0. The third kappa shape index (κ3) is 1.71. The maximum absolute atomic E-state index is 12.4. The van der Waals surface area contributed by atoms with Crippen molar-refractivity contribution in [2.24, 2.45) is 34.5 Å². The van der Waals surface area contributed by atoms with Gasteiger partial charge in [0.05, 0.1) is 0 Å². The zero-order valence-corrected chi connectivity index (χ0v) is 13.2. The molecule has 2 nitrogen and oxygen atoms in total. The molecule has 0 saturated heterocycles. The van der Waals surface area contributed by atoms with Crippen LogP contribution in [0.2, 0.25) is 0 Å². The van der Waals surface area contributed by atoms with Crippen molar-refractivity contribution in [3.8, 4) is 0 Å². The predicted octanol–water partition coefficient (Wildman–Crippen LogP) is 3.94. The minimum Gasteiger partial charge on any atom is -0.299 e. The second-order valence-electron chi connectivity index (χ2n) is 8.44. The summed E-state index contributed by atoms with van der Waals surface area (Å²) in [6.07, 6.45) is 11.4. The normalized spacial score (nSPS) is 52.3. The van der Waals surface area contributed by atoms with Gasteiger partial charge in [0.25, 0.3) is 0 Å². The first-order chi connectivity index (χ1) is 9.95. The molecule has 0 aromatic carbocycles. The van der Waals surface area contributed by atoms with Gasteiger partial charge in [-0.3, -0.25) is 9.59 Å². The summed E-state index contributed by atoms with van der Waals surface area (Å²) in [5, 5.41) is 0. The molecule has 0 aliphatic heterocycles. The van der Waals surface area contributed by atoms with Gasteiger partial charge in [-0.1, -0.05) is 19.9 Å². The van der Waals surface area contributed by atoms with Crippen LogP contribution in [0.5, 0.6) is 0 Å². The Hall–Kier alpha value is -0.920. The quantitative estimate of drug-likeness (QED) is 0.676. The highest BCUT2D eigenvalue weighted by Crippen LogP contribution is 2.64. The molecule has 0 heterocycles. The second-order valence-corrected chi connectivity index (χ2v) is 8.44. The summed E-state index contributed by atoms with van der Waals surface area (Å²) < 4.78 is 0. The molecule has 114 valence electrons. The molecule has 3 saturated carbocycles. The molecule has 3 fully saturated rings. The molecule has 0 aromatic rings. The van der Waals surface area contributed by atoms with Crippen LogP contribution in [0.4, 0.5) is 0 Å². The van der Waals surface area contributed by atoms with Crippen molar-refractivity contribution < 1.29 is 9.59 Å². The number of hydrogen-bond acceptors (Lipinski definition) is 2. The van der Waals surface area contributed by atoms with Gasteiger partial charge in [-0.25, -0.2) is 0 Å². The van der Waals surface area contributed by atoms with Crippen molar-refractivity contribution >= 4 is 11.6 Å². The second kappa shape index (κ2) is 4.30. The van der Waals surface area contributed by atoms with E-state index in [0.717, 1.165) is 25.7 Å². The molecule has 0 amide bonds. The Kier molecular flexibility index (Phi) is 2.81. The molecule has 6 atom stereocenters. The maximum atomic E-state index is 12.4. The summed E-state index contributed by atoms with van der Waals surface area (Å²) in [7, 11) is 0. The molecule has 0 aromatic heterocycles. The van der Waals surface area contributed by atoms with E-state index in [1.807, 2.05) is 6.08 Å². The number of carbonyl (C=O) groups excluding carboxylic acids is 2. The third-order valence-electron chi connectivity index (χ3n) is 7.75. The van der Waals surface area contributed by atoms with Gasteiger partial charge in [0.2, 0.25) is 0 Å². The third-order valence-corrected chi connectivity index (χ3v) is 7.75. The fourth-order valence-corrected chi connectivity index (χ4v) is 6.41. The summed E-state index contributed by atoms with van der Waals surface area (Å²) >= 11 is 0. The van der Waals surface area contributed by atoms with Gasteiger partial charge in [-0.05, 0) is 67.3 Å². The van der Waals surface area contributed by atoms with E-state index in [2.05, 4.69) is 19.9 Å². The van der Waals surface area contributed by atoms with Gasteiger partial charge in [0.15, 0.2) is 5.78 Å². The highest BCUT2D eigenvalue weighted by molar-refractivity contribution is 5.91. The van der Waals surface area contributed by atoms with Crippen molar-refractivity contribution in [1.29, 1.82) is 0 Å². The zero-order chi connectivity index (χ0) is 14.8. The average molecular weight is 286 g/mol.